The van der Waals surface area contributed by atoms with Crippen molar-refractivity contribution in [1.29, 1.82) is 0 Å². The predicted octanol–water partition coefficient (Wildman–Crippen LogP) is 5.30. The van der Waals surface area contributed by atoms with Gasteiger partial charge in [-0.15, -0.1) is 0 Å². The highest BCUT2D eigenvalue weighted by atomic mass is 79.9. The number of rotatable bonds is 7. The molecule has 1 aromatic carbocycles. The molecule has 1 N–H and O–H groups in total. The van der Waals surface area contributed by atoms with Crippen molar-refractivity contribution in [3.05, 3.63) is 32.7 Å². The molecule has 0 aliphatic rings. The molecule has 0 aromatic heterocycles. The van der Waals surface area contributed by atoms with Crippen molar-refractivity contribution in [2.24, 2.45) is 0 Å². The number of halogens is 2. The van der Waals surface area contributed by atoms with Crippen LogP contribution in [0.5, 0.6) is 0 Å². The molecule has 1 aromatic rings. The van der Waals surface area contributed by atoms with E-state index in [-0.39, 0.29) is 11.9 Å². The predicted molar refractivity (Wildman–Crippen MR) is 87.5 cm³/mol. The lowest BCUT2D eigenvalue weighted by Gasteiger charge is -2.14. The van der Waals surface area contributed by atoms with E-state index in [1.165, 1.54) is 25.7 Å². The molecule has 1 unspecified atom stereocenters. The van der Waals surface area contributed by atoms with Crippen LogP contribution in [0.25, 0.3) is 0 Å². The normalized spacial score (nSPS) is 12.2. The van der Waals surface area contributed by atoms with Gasteiger partial charge in [0.25, 0.3) is 5.91 Å². The maximum absolute atomic E-state index is 12.2. The van der Waals surface area contributed by atoms with E-state index in [1.54, 1.807) is 0 Å². The Morgan fingerprint density at radius 1 is 1.26 bits per heavy atom. The van der Waals surface area contributed by atoms with Crippen molar-refractivity contribution < 1.29 is 4.79 Å². The van der Waals surface area contributed by atoms with Gasteiger partial charge in [0.1, 0.15) is 0 Å². The number of amides is 1. The van der Waals surface area contributed by atoms with Gasteiger partial charge in [-0.2, -0.15) is 0 Å². The van der Waals surface area contributed by atoms with E-state index < -0.39 is 0 Å². The highest BCUT2D eigenvalue weighted by molar-refractivity contribution is 9.11. The van der Waals surface area contributed by atoms with Gasteiger partial charge in [-0.05, 0) is 47.5 Å². The van der Waals surface area contributed by atoms with Crippen LogP contribution in [0.1, 0.15) is 56.3 Å². The lowest BCUT2D eigenvalue weighted by atomic mass is 10.1. The van der Waals surface area contributed by atoms with Gasteiger partial charge in [0.2, 0.25) is 0 Å². The van der Waals surface area contributed by atoms with E-state index in [1.807, 2.05) is 18.2 Å². The van der Waals surface area contributed by atoms with Crippen LogP contribution >= 0.6 is 31.9 Å². The van der Waals surface area contributed by atoms with Crippen LogP contribution in [0.15, 0.2) is 27.1 Å². The maximum Gasteiger partial charge on any atom is 0.252 e. The number of carbonyl (C=O) groups is 1. The van der Waals surface area contributed by atoms with Crippen molar-refractivity contribution in [3.8, 4) is 0 Å². The quantitative estimate of drug-likeness (QED) is 0.628. The van der Waals surface area contributed by atoms with Gasteiger partial charge >= 0.3 is 0 Å². The summed E-state index contributed by atoms with van der Waals surface area (Å²) in [7, 11) is 0. The Hall–Kier alpha value is -0.350. The molecule has 0 heterocycles. The average Bonchev–Trinajstić information content (AvgIpc) is 2.37. The molecule has 0 fully saturated rings. The van der Waals surface area contributed by atoms with Crippen molar-refractivity contribution in [1.82, 2.24) is 5.32 Å². The molecule has 0 radical (unpaired) electrons. The lowest BCUT2D eigenvalue weighted by molar-refractivity contribution is 0.0937. The van der Waals surface area contributed by atoms with Gasteiger partial charge in [0, 0.05) is 15.0 Å². The van der Waals surface area contributed by atoms with Gasteiger partial charge in [0.15, 0.2) is 0 Å². The van der Waals surface area contributed by atoms with Crippen molar-refractivity contribution in [2.45, 2.75) is 52.0 Å². The zero-order valence-electron chi connectivity index (χ0n) is 11.5. The van der Waals surface area contributed by atoms with Crippen LogP contribution in [-0.4, -0.2) is 11.9 Å². The molecular weight excluding hydrogens is 370 g/mol. The second-order valence-electron chi connectivity index (χ2n) is 4.85. The Kier molecular flexibility index (Phi) is 7.69. The minimum atomic E-state index is -0.0174. The Labute approximate surface area is 132 Å². The topological polar surface area (TPSA) is 29.1 Å². The third-order valence-corrected chi connectivity index (χ3v) is 4.23. The Balaban J connectivity index is 2.47. The fourth-order valence-corrected chi connectivity index (χ4v) is 2.71. The van der Waals surface area contributed by atoms with Gasteiger partial charge < -0.3 is 5.32 Å². The van der Waals surface area contributed by atoms with Crippen molar-refractivity contribution >= 4 is 37.8 Å². The molecule has 2 nitrogen and oxygen atoms in total. The lowest BCUT2D eigenvalue weighted by Crippen LogP contribution is -2.32. The molecule has 0 saturated carbocycles. The van der Waals surface area contributed by atoms with Gasteiger partial charge in [-0.3, -0.25) is 4.79 Å². The Bertz CT molecular complexity index is 421. The van der Waals surface area contributed by atoms with Crippen LogP contribution in [-0.2, 0) is 0 Å². The number of nitrogens with one attached hydrogen (secondary N) is 1. The molecular formula is C15H21Br2NO. The second kappa shape index (κ2) is 8.75. The molecule has 106 valence electrons. The zero-order chi connectivity index (χ0) is 14.3. The van der Waals surface area contributed by atoms with Gasteiger partial charge in [-0.1, -0.05) is 48.5 Å². The van der Waals surface area contributed by atoms with E-state index >= 15 is 0 Å². The molecule has 0 spiro atoms. The summed E-state index contributed by atoms with van der Waals surface area (Å²) >= 11 is 6.80. The minimum Gasteiger partial charge on any atom is -0.350 e. The highest BCUT2D eigenvalue weighted by Gasteiger charge is 2.13. The Morgan fingerprint density at radius 3 is 2.68 bits per heavy atom. The number of carbonyl (C=O) groups excluding carboxylic acids is 1. The number of benzene rings is 1. The van der Waals surface area contributed by atoms with Gasteiger partial charge in [-0.25, -0.2) is 0 Å². The third kappa shape index (κ3) is 6.09. The first-order valence-electron chi connectivity index (χ1n) is 6.80. The van der Waals surface area contributed by atoms with Crippen molar-refractivity contribution in [2.75, 3.05) is 0 Å². The molecule has 1 amide bonds. The molecule has 0 aliphatic heterocycles. The monoisotopic (exact) mass is 389 g/mol. The Morgan fingerprint density at radius 2 is 2.00 bits per heavy atom. The molecule has 0 aliphatic carbocycles. The van der Waals surface area contributed by atoms with Crippen LogP contribution in [0.2, 0.25) is 0 Å². The molecule has 0 saturated heterocycles. The first-order valence-corrected chi connectivity index (χ1v) is 8.39. The zero-order valence-corrected chi connectivity index (χ0v) is 14.7. The van der Waals surface area contributed by atoms with E-state index in [4.69, 9.17) is 0 Å². The fourth-order valence-electron chi connectivity index (χ4n) is 1.92. The highest BCUT2D eigenvalue weighted by Crippen LogP contribution is 2.21. The summed E-state index contributed by atoms with van der Waals surface area (Å²) in [5.74, 6) is -0.0174. The SMILES string of the molecule is CCCCCCC(C)NC(=O)c1cc(Br)ccc1Br. The number of unbranched alkanes of at least 4 members (excludes halogenated alkanes) is 3. The molecule has 4 heteroatoms. The molecule has 19 heavy (non-hydrogen) atoms. The van der Waals surface area contributed by atoms with Gasteiger partial charge in [0.05, 0.1) is 5.56 Å². The van der Waals surface area contributed by atoms with E-state index in [9.17, 15) is 4.79 Å². The fraction of sp³-hybridized carbons (Fsp3) is 0.533. The second-order valence-corrected chi connectivity index (χ2v) is 6.62. The van der Waals surface area contributed by atoms with E-state index in [0.717, 1.165) is 15.4 Å². The van der Waals surface area contributed by atoms with Crippen LogP contribution in [0.4, 0.5) is 0 Å². The smallest absolute Gasteiger partial charge is 0.252 e. The first kappa shape index (κ1) is 16.7. The standard InChI is InChI=1S/C15H21Br2NO/c1-3-4-5-6-7-11(2)18-15(19)13-10-12(16)8-9-14(13)17/h8-11H,3-7H2,1-2H3,(H,18,19). The van der Waals surface area contributed by atoms with Crippen LogP contribution in [0, 0.1) is 0 Å². The first-order chi connectivity index (χ1) is 9.04. The van der Waals surface area contributed by atoms with Crippen LogP contribution in [0.3, 0.4) is 0 Å². The molecule has 1 rings (SSSR count). The minimum absolute atomic E-state index is 0.0174. The summed E-state index contributed by atoms with van der Waals surface area (Å²) in [6.45, 7) is 4.27. The summed E-state index contributed by atoms with van der Waals surface area (Å²) < 4.78 is 1.74. The van der Waals surface area contributed by atoms with Crippen molar-refractivity contribution in [3.63, 3.8) is 0 Å². The maximum atomic E-state index is 12.2. The summed E-state index contributed by atoms with van der Waals surface area (Å²) in [5, 5.41) is 3.05. The largest absolute Gasteiger partial charge is 0.350 e. The van der Waals surface area contributed by atoms with Crippen LogP contribution < -0.4 is 5.32 Å². The summed E-state index contributed by atoms with van der Waals surface area (Å²) in [4.78, 5) is 12.2. The molecule has 1 atom stereocenters. The average molecular weight is 391 g/mol. The number of hydrogen-bond donors (Lipinski definition) is 1. The molecule has 0 bridgehead atoms. The summed E-state index contributed by atoms with van der Waals surface area (Å²) in [5.41, 5.74) is 0.676. The third-order valence-electron chi connectivity index (χ3n) is 3.04. The summed E-state index contributed by atoms with van der Waals surface area (Å²) in [6.07, 6.45) is 5.98. The number of hydrogen-bond acceptors (Lipinski definition) is 1. The summed E-state index contributed by atoms with van der Waals surface area (Å²) in [6, 6.07) is 5.85. The van der Waals surface area contributed by atoms with E-state index in [0.29, 0.717) is 5.56 Å². The van der Waals surface area contributed by atoms with E-state index in [2.05, 4.69) is 51.0 Å².